The van der Waals surface area contributed by atoms with Gasteiger partial charge in [-0.25, -0.2) is 9.97 Å². The van der Waals surface area contributed by atoms with E-state index in [0.29, 0.717) is 26.0 Å². The van der Waals surface area contributed by atoms with Gasteiger partial charge in [0.05, 0.1) is 29.3 Å². The van der Waals surface area contributed by atoms with E-state index in [9.17, 15) is 9.59 Å². The van der Waals surface area contributed by atoms with Gasteiger partial charge in [-0.05, 0) is 87.2 Å². The molecule has 0 radical (unpaired) electrons. The molecule has 5 aromatic rings. The maximum atomic E-state index is 13.1. The van der Waals surface area contributed by atoms with Crippen molar-refractivity contribution in [1.29, 1.82) is 0 Å². The second-order valence-electron chi connectivity index (χ2n) is 13.5. The minimum absolute atomic E-state index is 0.128. The van der Waals surface area contributed by atoms with E-state index in [0.717, 1.165) is 105 Å². The average molecular weight is 663 g/mol. The van der Waals surface area contributed by atoms with E-state index in [1.165, 1.54) is 0 Å². The molecule has 0 spiro atoms. The molecule has 0 bridgehead atoms. The van der Waals surface area contributed by atoms with Crippen molar-refractivity contribution in [3.8, 4) is 28.1 Å². The first-order valence-electron chi connectivity index (χ1n) is 18.0. The highest BCUT2D eigenvalue weighted by molar-refractivity contribution is 6.07. The van der Waals surface area contributed by atoms with Crippen LogP contribution in [0.2, 0.25) is 0 Å². The lowest BCUT2D eigenvalue weighted by Gasteiger charge is -2.33. The Kier molecular flexibility index (Phi) is 10.1. The fourth-order valence-electron chi connectivity index (χ4n) is 7.15. The molecule has 1 aliphatic heterocycles. The number of aromatic nitrogens is 4. The fraction of sp³-hybridized carbons (Fsp3) is 0.450. The van der Waals surface area contributed by atoms with Crippen LogP contribution >= 0.6 is 0 Å². The van der Waals surface area contributed by atoms with E-state index < -0.39 is 0 Å². The smallest absolute Gasteiger partial charge is 0.223 e. The molecule has 258 valence electrons. The van der Waals surface area contributed by atoms with Gasteiger partial charge < -0.3 is 24.5 Å². The highest BCUT2D eigenvalue weighted by Crippen LogP contribution is 2.43. The van der Waals surface area contributed by atoms with Crippen LogP contribution in [0.5, 0.6) is 5.75 Å². The Bertz CT molecular complexity index is 1990. The second-order valence-corrected chi connectivity index (χ2v) is 13.5. The number of aromatic amines is 2. The van der Waals surface area contributed by atoms with E-state index in [1.807, 2.05) is 30.6 Å². The van der Waals surface area contributed by atoms with Crippen molar-refractivity contribution in [2.75, 3.05) is 6.54 Å². The number of H-pyrrole nitrogens is 2. The Hall–Kier alpha value is -4.66. The third-order valence-electron chi connectivity index (χ3n) is 9.85. The molecule has 2 atom stereocenters. The van der Waals surface area contributed by atoms with Gasteiger partial charge in [0.1, 0.15) is 24.0 Å². The van der Waals surface area contributed by atoms with E-state index in [1.54, 1.807) is 0 Å². The van der Waals surface area contributed by atoms with Crippen molar-refractivity contribution in [2.24, 2.45) is 0 Å². The Morgan fingerprint density at radius 3 is 2.41 bits per heavy atom. The number of hydrogen-bond acceptors (Lipinski definition) is 5. The Morgan fingerprint density at radius 2 is 1.67 bits per heavy atom. The van der Waals surface area contributed by atoms with Crippen LogP contribution < -0.4 is 4.74 Å². The maximum Gasteiger partial charge on any atom is 0.223 e. The number of carbonyl (C=O) groups is 2. The summed E-state index contributed by atoms with van der Waals surface area (Å²) >= 11 is 0. The van der Waals surface area contributed by atoms with Crippen LogP contribution in [-0.2, 0) is 22.7 Å². The van der Waals surface area contributed by atoms with Crippen molar-refractivity contribution in [3.05, 3.63) is 65.4 Å². The molecule has 2 N–H and O–H groups in total. The molecule has 3 heterocycles. The number of hydrogen-bond donors (Lipinski definition) is 2. The molecule has 0 saturated heterocycles. The first-order chi connectivity index (χ1) is 23.7. The minimum Gasteiger partial charge on any atom is -0.488 e. The number of rotatable bonds is 13. The SMILES string of the molecule is CCCC(=O)N(CCC)Cc1nc2c(ccc3cc4c(cc32)OCc2cc(-c3nc([C@H](C)N(C(=O)CCC)[C@@H](C)CC)[nH]c3C)ccc2-4)[nH]1. The summed E-state index contributed by atoms with van der Waals surface area (Å²) in [6, 6.07) is 15.0. The molecule has 0 aliphatic carbocycles. The van der Waals surface area contributed by atoms with Gasteiger partial charge in [0.2, 0.25) is 11.8 Å². The quantitative estimate of drug-likeness (QED) is 0.131. The number of aryl methyl sites for hydroxylation is 1. The van der Waals surface area contributed by atoms with E-state index in [-0.39, 0.29) is 23.9 Å². The zero-order valence-corrected chi connectivity index (χ0v) is 30.1. The molecule has 9 heteroatoms. The van der Waals surface area contributed by atoms with Crippen molar-refractivity contribution in [2.45, 2.75) is 112 Å². The van der Waals surface area contributed by atoms with E-state index >= 15 is 0 Å². The zero-order valence-electron chi connectivity index (χ0n) is 30.1. The predicted molar refractivity (Wildman–Crippen MR) is 196 cm³/mol. The Morgan fingerprint density at radius 1 is 0.898 bits per heavy atom. The number of ether oxygens (including phenoxy) is 1. The number of nitrogens with one attached hydrogen (secondary N) is 2. The highest BCUT2D eigenvalue weighted by Gasteiger charge is 2.28. The van der Waals surface area contributed by atoms with Gasteiger partial charge in [-0.1, -0.05) is 45.9 Å². The molecule has 49 heavy (non-hydrogen) atoms. The molecule has 9 nitrogen and oxygen atoms in total. The number of amides is 2. The molecule has 3 aromatic carbocycles. The summed E-state index contributed by atoms with van der Waals surface area (Å²) in [4.78, 5) is 46.7. The molecular formula is C40H50N6O3. The molecule has 0 fully saturated rings. The minimum atomic E-state index is -0.154. The fourth-order valence-corrected chi connectivity index (χ4v) is 7.15. The first kappa shape index (κ1) is 34.2. The lowest BCUT2D eigenvalue weighted by atomic mass is 9.92. The zero-order chi connectivity index (χ0) is 34.8. The second kappa shape index (κ2) is 14.4. The summed E-state index contributed by atoms with van der Waals surface area (Å²) in [6.07, 6.45) is 4.55. The van der Waals surface area contributed by atoms with Crippen LogP contribution in [0.15, 0.2) is 42.5 Å². The topological polar surface area (TPSA) is 107 Å². The summed E-state index contributed by atoms with van der Waals surface area (Å²) in [5, 5.41) is 2.11. The van der Waals surface area contributed by atoms with Gasteiger partial charge in [-0.15, -0.1) is 0 Å². The standard InChI is InChI=1S/C40H50N6O3/c1-8-12-36(47)45(18-10-3)22-35-42-33-17-15-27-20-32-30-16-14-28(19-29(30)23-49-34(32)21-31(27)39(33)43-35)38-25(6)41-40(44-38)26(7)46(24(5)11-4)37(48)13-9-2/h14-17,19-21,24,26H,8-13,18,22-23H2,1-7H3,(H,41,44)(H,42,43)/t24-,26-/m0/s1. The number of carbonyl (C=O) groups excluding carboxylic acids is 2. The Balaban J connectivity index is 1.29. The summed E-state index contributed by atoms with van der Waals surface area (Å²) in [5.74, 6) is 2.78. The molecule has 1 aliphatic rings. The monoisotopic (exact) mass is 662 g/mol. The lowest BCUT2D eigenvalue weighted by Crippen LogP contribution is -2.40. The van der Waals surface area contributed by atoms with Crippen molar-refractivity contribution < 1.29 is 14.3 Å². The molecule has 2 aromatic heterocycles. The van der Waals surface area contributed by atoms with Crippen LogP contribution in [0.25, 0.3) is 44.2 Å². The molecule has 0 unspecified atom stereocenters. The van der Waals surface area contributed by atoms with Gasteiger partial charge >= 0.3 is 0 Å². The van der Waals surface area contributed by atoms with Crippen molar-refractivity contribution >= 4 is 33.6 Å². The third kappa shape index (κ3) is 6.67. The number of nitrogens with zero attached hydrogens (tertiary/aromatic N) is 4. The van der Waals surface area contributed by atoms with Gasteiger partial charge in [0.25, 0.3) is 0 Å². The number of benzene rings is 3. The largest absolute Gasteiger partial charge is 0.488 e. The van der Waals surface area contributed by atoms with Gasteiger partial charge in [0, 0.05) is 47.6 Å². The molecule has 6 rings (SSSR count). The highest BCUT2D eigenvalue weighted by atomic mass is 16.5. The maximum absolute atomic E-state index is 13.1. The molecule has 0 saturated carbocycles. The Labute approximate surface area is 289 Å². The van der Waals surface area contributed by atoms with Gasteiger partial charge in [0.15, 0.2) is 0 Å². The summed E-state index contributed by atoms with van der Waals surface area (Å²) in [7, 11) is 0. The predicted octanol–water partition coefficient (Wildman–Crippen LogP) is 9.00. The number of fused-ring (bicyclic) bond motifs is 6. The summed E-state index contributed by atoms with van der Waals surface area (Å²) < 4.78 is 6.39. The van der Waals surface area contributed by atoms with Crippen molar-refractivity contribution in [1.82, 2.24) is 29.7 Å². The van der Waals surface area contributed by atoms with E-state index in [4.69, 9.17) is 14.7 Å². The molecule has 2 amide bonds. The van der Waals surface area contributed by atoms with E-state index in [2.05, 4.69) is 80.1 Å². The van der Waals surface area contributed by atoms with Gasteiger partial charge in [-0.3, -0.25) is 9.59 Å². The lowest BCUT2D eigenvalue weighted by molar-refractivity contribution is -0.136. The van der Waals surface area contributed by atoms with Gasteiger partial charge in [-0.2, -0.15) is 0 Å². The summed E-state index contributed by atoms with van der Waals surface area (Å²) in [5.41, 5.74) is 8.05. The first-order valence-corrected chi connectivity index (χ1v) is 18.0. The number of imidazole rings is 2. The average Bonchev–Trinajstić information content (AvgIpc) is 3.70. The third-order valence-corrected chi connectivity index (χ3v) is 9.85. The normalized spacial score (nSPS) is 13.5. The van der Waals surface area contributed by atoms with Crippen molar-refractivity contribution in [3.63, 3.8) is 0 Å². The van der Waals surface area contributed by atoms with Crippen LogP contribution in [0.1, 0.15) is 109 Å². The molecular weight excluding hydrogens is 612 g/mol. The van der Waals surface area contributed by atoms with Crippen LogP contribution in [0.4, 0.5) is 0 Å². The van der Waals surface area contributed by atoms with Crippen LogP contribution in [0.3, 0.4) is 0 Å². The van der Waals surface area contributed by atoms with Crippen LogP contribution in [0, 0.1) is 6.92 Å². The summed E-state index contributed by atoms with van der Waals surface area (Å²) in [6.45, 7) is 16.2. The van der Waals surface area contributed by atoms with Crippen LogP contribution in [-0.4, -0.2) is 54.1 Å².